The number of benzene rings is 9. The molecule has 4 amide bonds. The number of ether oxygens (including phenoxy) is 3. The number of carbonyl (C=O) groups is 11. The normalized spacial score (nSPS) is 9.81. The van der Waals surface area contributed by atoms with E-state index in [0.29, 0.717) is 122 Å². The van der Waals surface area contributed by atoms with Crippen molar-refractivity contribution in [3.05, 3.63) is 329 Å². The first-order chi connectivity index (χ1) is 59.4. The Morgan fingerprint density at radius 1 is 0.365 bits per heavy atom. The van der Waals surface area contributed by atoms with Crippen molar-refractivity contribution < 1.29 is 112 Å². The SMILES string of the molecule is CC.CCOC(=O)c1ccc(-c2ccnc(Nc3ccc(C(N)=O)cc3)n2)cc1.CCOC(=O)c1ccc(C(=O)/C=C/N(C)C)cc1.CCOC(=O)c1ccc(C(C)=O)cc1.NC(=O)c1ccc(N=C(N)N)cc1.NC(=O)c1ccc(Nc2nccc(-c3ccc(C(=O)O)cc3)n2)cc1.NC(=O)c1ccc(Nc2nccc(-c3ccc(C(=O)O)cc3)n2)cc1.[Na+].[OH-]. The monoisotopic (exact) mass is 1720 g/mol. The van der Waals surface area contributed by atoms with E-state index in [1.165, 1.54) is 37.3 Å². The van der Waals surface area contributed by atoms with E-state index in [-0.39, 0.29) is 81.6 Å². The van der Waals surface area contributed by atoms with Crippen LogP contribution >= 0.6 is 0 Å². The first-order valence-electron chi connectivity index (χ1n) is 37.8. The molecule has 12 rings (SSSR count). The van der Waals surface area contributed by atoms with Crippen molar-refractivity contribution in [2.24, 2.45) is 39.4 Å². The molecule has 644 valence electrons. The topological polar surface area (TPSA) is 571 Å². The molecule has 0 fully saturated rings. The molecule has 12 aromatic rings. The number of hydrogen-bond acceptors (Lipinski definition) is 26. The van der Waals surface area contributed by atoms with Crippen molar-refractivity contribution >= 4 is 112 Å². The number of ketones is 2. The number of amides is 4. The van der Waals surface area contributed by atoms with Crippen LogP contribution in [0.5, 0.6) is 0 Å². The third-order valence-corrected chi connectivity index (χ3v) is 16.2. The minimum atomic E-state index is -0.976. The maximum absolute atomic E-state index is 11.7. The Balaban J connectivity index is 0.000000321. The molecule has 0 aliphatic heterocycles. The van der Waals surface area contributed by atoms with Gasteiger partial charge in [0.05, 0.1) is 70.4 Å². The molecule has 0 aliphatic rings. The molecular weight excluding hydrogens is 1630 g/mol. The van der Waals surface area contributed by atoms with Gasteiger partial charge in [0.2, 0.25) is 41.5 Å². The molecule has 18 N–H and O–H groups in total. The number of aromatic nitrogens is 6. The minimum absolute atomic E-state index is 0. The standard InChI is InChI=1S/C20H18N4O3.2C18H14N4O3.C14H17NO3.C11H12O3.C8H10N4O.C2H6.Na.H2O/c1-2-27-19(26)15-5-3-13(4-6-15)17-11-12-22-20(24-17)23-16-9-7-14(8-10-16)18(21)25;2*19-16(23)12-5-7-14(8-6-12)21-18-20-10-9-15(22-18)11-1-3-13(4-2-11)17(24)25;1-4-18-14(17)12-7-5-11(6-8-12)13(16)9-10-15(2)3;1-3-14-11(13)10-6-4-9(5-7-10)8(2)12;9-7(13)5-1-3-6(4-2-5)12-8(10)11;1-2;;/h3-12H,2H2,1H3,(H2,21,25)(H,22,23,24);2*1-10H,(H2,19,23)(H,24,25)(H,20,21,22);5-10H,4H2,1-3H3;4-7H,3H2,1-2H3;1-4H,(H2,9,13)(H4,10,11,12);1-2H3;;1H2/q;;;;;;;+1;/p-1/b;;;10-9+;;;;;. The van der Waals surface area contributed by atoms with Crippen LogP contribution in [0, 0.1) is 0 Å². The fourth-order valence-corrected chi connectivity index (χ4v) is 10.0. The first kappa shape index (κ1) is 102. The zero-order valence-corrected chi connectivity index (χ0v) is 72.1. The number of anilines is 6. The molecular formula is C91H92N17NaO17. The molecule has 0 spiro atoms. The number of hydrogen-bond donors (Lipinski definition) is 11. The van der Waals surface area contributed by atoms with Crippen LogP contribution in [0.25, 0.3) is 33.8 Å². The van der Waals surface area contributed by atoms with E-state index in [9.17, 15) is 52.7 Å². The maximum atomic E-state index is 11.7. The zero-order valence-electron chi connectivity index (χ0n) is 70.1. The molecule has 3 heterocycles. The molecule has 126 heavy (non-hydrogen) atoms. The summed E-state index contributed by atoms with van der Waals surface area (Å²) in [5.74, 6) is -3.94. The quantitative estimate of drug-likeness (QED) is 0.00456. The number of rotatable bonds is 26. The third kappa shape index (κ3) is 34.2. The zero-order chi connectivity index (χ0) is 90.8. The summed E-state index contributed by atoms with van der Waals surface area (Å²) in [7, 11) is 3.68. The van der Waals surface area contributed by atoms with Gasteiger partial charge in [0.1, 0.15) is 0 Å². The van der Waals surface area contributed by atoms with Crippen LogP contribution in [-0.4, -0.2) is 155 Å². The van der Waals surface area contributed by atoms with Gasteiger partial charge in [-0.05, 0) is 204 Å². The fraction of sp³-hybridized carbons (Fsp3) is 0.121. The number of nitrogens with zero attached hydrogens (tertiary/aromatic N) is 8. The summed E-state index contributed by atoms with van der Waals surface area (Å²) in [5.41, 5.74) is 42.8. The molecule has 34 nitrogen and oxygen atoms in total. The number of carboxylic acids is 2. The number of nitrogens with two attached hydrogens (primary N) is 6. The maximum Gasteiger partial charge on any atom is 1.00 e. The average molecular weight is 1720 g/mol. The number of Topliss-reactive ketones (excluding diaryl/α,β-unsaturated/α-hetero) is 1. The van der Waals surface area contributed by atoms with Crippen LogP contribution in [0.2, 0.25) is 0 Å². The predicted octanol–water partition coefficient (Wildman–Crippen LogP) is 10.3. The molecule has 3 aromatic heterocycles. The summed E-state index contributed by atoms with van der Waals surface area (Å²) in [6.07, 6.45) is 8.02. The van der Waals surface area contributed by atoms with Gasteiger partial charge in [-0.3, -0.25) is 28.8 Å². The van der Waals surface area contributed by atoms with Gasteiger partial charge < -0.3 is 85.2 Å². The second kappa shape index (κ2) is 52.9. The number of guanidine groups is 1. The summed E-state index contributed by atoms with van der Waals surface area (Å²) < 4.78 is 14.6. The molecule has 0 saturated carbocycles. The predicted molar refractivity (Wildman–Crippen MR) is 473 cm³/mol. The van der Waals surface area contributed by atoms with E-state index in [0.717, 1.165) is 22.4 Å². The Morgan fingerprint density at radius 2 is 0.611 bits per heavy atom. The fourth-order valence-electron chi connectivity index (χ4n) is 10.0. The van der Waals surface area contributed by atoms with Crippen LogP contribution in [0.3, 0.4) is 0 Å². The van der Waals surface area contributed by atoms with Crippen molar-refractivity contribution in [1.29, 1.82) is 0 Å². The second-order valence-corrected chi connectivity index (χ2v) is 25.3. The van der Waals surface area contributed by atoms with E-state index < -0.39 is 35.6 Å². The number of aromatic carboxylic acids is 2. The van der Waals surface area contributed by atoms with Gasteiger partial charge in [-0.25, -0.2) is 58.9 Å². The Hall–Kier alpha value is -16.0. The van der Waals surface area contributed by atoms with Crippen molar-refractivity contribution in [2.75, 3.05) is 49.9 Å². The number of primary amides is 4. The van der Waals surface area contributed by atoms with E-state index in [4.69, 9.17) is 58.8 Å². The van der Waals surface area contributed by atoms with Gasteiger partial charge in [-0.15, -0.1) is 0 Å². The summed E-state index contributed by atoms with van der Waals surface area (Å²) in [5, 5.41) is 27.0. The van der Waals surface area contributed by atoms with Gasteiger partial charge in [-0.2, -0.15) is 0 Å². The van der Waals surface area contributed by atoms with E-state index in [1.54, 1.807) is 263 Å². The second-order valence-electron chi connectivity index (χ2n) is 25.3. The molecule has 0 saturated heterocycles. The van der Waals surface area contributed by atoms with E-state index >= 15 is 0 Å². The molecule has 0 unspecified atom stereocenters. The van der Waals surface area contributed by atoms with Gasteiger partial charge in [0.25, 0.3) is 0 Å². The molecule has 0 aliphatic carbocycles. The first-order valence-corrected chi connectivity index (χ1v) is 37.8. The molecule has 0 radical (unpaired) electrons. The average Bonchev–Trinajstić information content (AvgIpc) is 0.840. The number of carboxylic acid groups (broad SMARTS) is 2. The Morgan fingerprint density at radius 3 is 0.857 bits per heavy atom. The number of allylic oxidation sites excluding steroid dienone is 1. The summed E-state index contributed by atoms with van der Waals surface area (Å²) >= 11 is 0. The van der Waals surface area contributed by atoms with Crippen LogP contribution in [0.4, 0.5) is 40.6 Å². The van der Waals surface area contributed by atoms with Gasteiger partial charge in [0, 0.05) is 112 Å². The Kier molecular flexibility index (Phi) is 42.9. The van der Waals surface area contributed by atoms with Gasteiger partial charge in [0.15, 0.2) is 17.5 Å². The Labute approximate surface area is 747 Å². The molecule has 0 atom stereocenters. The van der Waals surface area contributed by atoms with Crippen LogP contribution in [-0.2, 0) is 14.2 Å². The van der Waals surface area contributed by atoms with E-state index in [2.05, 4.69) is 50.8 Å². The molecule has 0 bridgehead atoms. The van der Waals surface area contributed by atoms with Crippen molar-refractivity contribution in [2.45, 2.75) is 41.5 Å². The van der Waals surface area contributed by atoms with Crippen LogP contribution in [0.15, 0.2) is 272 Å². The Bertz CT molecular complexity index is 5540. The van der Waals surface area contributed by atoms with Crippen molar-refractivity contribution in [3.63, 3.8) is 0 Å². The van der Waals surface area contributed by atoms with Crippen LogP contribution < -0.4 is 79.9 Å². The molecule has 35 heteroatoms. The van der Waals surface area contributed by atoms with Crippen molar-refractivity contribution in [1.82, 2.24) is 34.8 Å². The van der Waals surface area contributed by atoms with E-state index in [1.807, 2.05) is 27.9 Å². The van der Waals surface area contributed by atoms with Gasteiger partial charge >= 0.3 is 59.4 Å². The smallest absolute Gasteiger partial charge is 0.870 e. The largest absolute Gasteiger partial charge is 1.00 e. The van der Waals surface area contributed by atoms with Gasteiger partial charge in [-0.1, -0.05) is 74.5 Å². The number of carbonyl (C=O) groups excluding carboxylic acids is 9. The van der Waals surface area contributed by atoms with Crippen molar-refractivity contribution in [3.8, 4) is 33.8 Å². The molecule has 9 aromatic carbocycles. The van der Waals surface area contributed by atoms with Crippen LogP contribution in [0.1, 0.15) is 155 Å². The summed E-state index contributed by atoms with van der Waals surface area (Å²) in [4.78, 5) is 154. The minimum Gasteiger partial charge on any atom is -0.870 e. The number of nitrogens with one attached hydrogen (secondary N) is 3. The number of esters is 3. The summed E-state index contributed by atoms with van der Waals surface area (Å²) in [6.45, 7) is 11.8. The number of aliphatic imine (C=N–C) groups is 1. The summed E-state index contributed by atoms with van der Waals surface area (Å²) in [6, 6.07) is 64.3. The third-order valence-electron chi connectivity index (χ3n) is 16.2.